The molecule has 2 atom stereocenters. The smallest absolute Gasteiger partial charge is 0.310 e. The molecule has 31 heavy (non-hydrogen) atoms. The Morgan fingerprint density at radius 3 is 2.55 bits per heavy atom. The van der Waals surface area contributed by atoms with Crippen LogP contribution in [0.15, 0.2) is 23.2 Å². The lowest BCUT2D eigenvalue weighted by Crippen LogP contribution is -2.46. The summed E-state index contributed by atoms with van der Waals surface area (Å²) in [7, 11) is 3.14. The summed E-state index contributed by atoms with van der Waals surface area (Å²) in [4.78, 5) is 22.8. The van der Waals surface area contributed by atoms with Gasteiger partial charge in [-0.3, -0.25) is 9.79 Å². The number of piperazine rings is 1. The van der Waals surface area contributed by atoms with E-state index in [1.807, 2.05) is 19.1 Å². The highest BCUT2D eigenvalue weighted by Gasteiger charge is 2.36. The SMILES string of the molecule is CCN1CCN(c2ccc(CNC(=NC)N3CC(C)C(C(=O)OC)C3)cc2F)CC1.I. The molecule has 0 saturated carbocycles. The van der Waals surface area contributed by atoms with E-state index in [-0.39, 0.29) is 47.6 Å². The Balaban J connectivity index is 0.00000341. The fourth-order valence-corrected chi connectivity index (χ4v) is 4.33. The lowest BCUT2D eigenvalue weighted by molar-refractivity contribution is -0.145. The second kappa shape index (κ2) is 11.8. The average Bonchev–Trinajstić information content (AvgIpc) is 3.15. The van der Waals surface area contributed by atoms with Gasteiger partial charge in [0, 0.05) is 52.9 Å². The van der Waals surface area contributed by atoms with Crippen molar-refractivity contribution in [2.24, 2.45) is 16.8 Å². The zero-order valence-corrected chi connectivity index (χ0v) is 21.3. The van der Waals surface area contributed by atoms with Crippen LogP contribution < -0.4 is 10.2 Å². The Morgan fingerprint density at radius 1 is 1.26 bits per heavy atom. The fourth-order valence-electron chi connectivity index (χ4n) is 4.33. The summed E-state index contributed by atoms with van der Waals surface area (Å²) in [5.74, 6) is 0.389. The minimum Gasteiger partial charge on any atom is -0.469 e. The topological polar surface area (TPSA) is 60.4 Å². The number of likely N-dealkylation sites (tertiary alicyclic amines) is 1. The number of anilines is 1. The average molecular weight is 547 g/mol. The number of hydrogen-bond acceptors (Lipinski definition) is 5. The van der Waals surface area contributed by atoms with Crippen molar-refractivity contribution < 1.29 is 13.9 Å². The Hall–Kier alpha value is -1.62. The summed E-state index contributed by atoms with van der Waals surface area (Å²) in [5, 5.41) is 3.30. The first kappa shape index (κ1) is 25.6. The maximum atomic E-state index is 14.8. The molecule has 2 aliphatic rings. The number of carbonyl (C=O) groups excluding carboxylic acids is 1. The maximum absolute atomic E-state index is 14.8. The van der Waals surface area contributed by atoms with Crippen LogP contribution in [0.3, 0.4) is 0 Å². The molecule has 0 amide bonds. The lowest BCUT2D eigenvalue weighted by atomic mass is 9.99. The zero-order chi connectivity index (χ0) is 21.7. The molecule has 0 radical (unpaired) electrons. The van der Waals surface area contributed by atoms with Gasteiger partial charge in [0.1, 0.15) is 5.82 Å². The number of ether oxygens (including phenoxy) is 1. The maximum Gasteiger partial charge on any atom is 0.310 e. The molecule has 1 aromatic rings. The van der Waals surface area contributed by atoms with Crippen LogP contribution in [0.2, 0.25) is 0 Å². The summed E-state index contributed by atoms with van der Waals surface area (Å²) < 4.78 is 19.7. The molecule has 2 aliphatic heterocycles. The van der Waals surface area contributed by atoms with Gasteiger partial charge >= 0.3 is 5.97 Å². The Bertz CT molecular complexity index is 770. The predicted octanol–water partition coefficient (Wildman–Crippen LogP) is 2.40. The zero-order valence-electron chi connectivity index (χ0n) is 18.9. The number of benzene rings is 1. The van der Waals surface area contributed by atoms with E-state index in [9.17, 15) is 9.18 Å². The van der Waals surface area contributed by atoms with Gasteiger partial charge in [0.2, 0.25) is 0 Å². The van der Waals surface area contributed by atoms with Gasteiger partial charge in [0.15, 0.2) is 5.96 Å². The van der Waals surface area contributed by atoms with E-state index in [0.29, 0.717) is 24.7 Å². The minimum atomic E-state index is -0.185. The van der Waals surface area contributed by atoms with Crippen molar-refractivity contribution in [2.75, 3.05) is 64.9 Å². The molecule has 2 fully saturated rings. The van der Waals surface area contributed by atoms with E-state index in [0.717, 1.165) is 44.8 Å². The van der Waals surface area contributed by atoms with Crippen LogP contribution in [-0.2, 0) is 16.1 Å². The Kier molecular flexibility index (Phi) is 9.80. The second-order valence-electron chi connectivity index (χ2n) is 8.12. The highest BCUT2D eigenvalue weighted by atomic mass is 127. The van der Waals surface area contributed by atoms with Crippen molar-refractivity contribution in [3.8, 4) is 0 Å². The van der Waals surface area contributed by atoms with Gasteiger partial charge in [-0.1, -0.05) is 19.9 Å². The number of nitrogens with zero attached hydrogens (tertiary/aromatic N) is 4. The van der Waals surface area contributed by atoms with Gasteiger partial charge in [-0.25, -0.2) is 4.39 Å². The molecule has 0 aliphatic carbocycles. The molecule has 9 heteroatoms. The first-order valence-corrected chi connectivity index (χ1v) is 10.8. The molecule has 3 rings (SSSR count). The lowest BCUT2D eigenvalue weighted by Gasteiger charge is -2.35. The number of aliphatic imine (C=N–C) groups is 1. The summed E-state index contributed by atoms with van der Waals surface area (Å²) in [6.07, 6.45) is 0. The van der Waals surface area contributed by atoms with E-state index in [4.69, 9.17) is 4.74 Å². The number of esters is 1. The third kappa shape index (κ3) is 6.21. The van der Waals surface area contributed by atoms with Gasteiger partial charge in [0.05, 0.1) is 18.7 Å². The number of carbonyl (C=O) groups is 1. The number of nitrogens with one attached hydrogen (secondary N) is 1. The molecule has 2 heterocycles. The van der Waals surface area contributed by atoms with Gasteiger partial charge in [0.25, 0.3) is 0 Å². The molecular weight excluding hydrogens is 512 g/mol. The summed E-state index contributed by atoms with van der Waals surface area (Å²) in [6, 6.07) is 5.45. The predicted molar refractivity (Wildman–Crippen MR) is 133 cm³/mol. The van der Waals surface area contributed by atoms with E-state index in [1.54, 1.807) is 13.1 Å². The number of guanidine groups is 1. The van der Waals surface area contributed by atoms with Crippen molar-refractivity contribution in [3.63, 3.8) is 0 Å². The van der Waals surface area contributed by atoms with Crippen LogP contribution >= 0.6 is 24.0 Å². The highest BCUT2D eigenvalue weighted by Crippen LogP contribution is 2.25. The standard InChI is InChI=1S/C22H34FN5O2.HI/c1-5-26-8-10-27(11-9-26)20-7-6-17(12-19(20)23)13-25-22(24-3)28-14-16(2)18(15-28)21(29)30-4;/h6-7,12,16,18H,5,8-11,13-15H2,1-4H3,(H,24,25);1H. The number of hydrogen-bond donors (Lipinski definition) is 1. The molecule has 1 N–H and O–H groups in total. The number of likely N-dealkylation sites (N-methyl/N-ethyl adjacent to an activating group) is 1. The van der Waals surface area contributed by atoms with Crippen LogP contribution in [0.4, 0.5) is 10.1 Å². The molecular formula is C22H35FIN5O2. The largest absolute Gasteiger partial charge is 0.469 e. The van der Waals surface area contributed by atoms with Crippen LogP contribution in [0.25, 0.3) is 0 Å². The Morgan fingerprint density at radius 2 is 1.97 bits per heavy atom. The van der Waals surface area contributed by atoms with Crippen molar-refractivity contribution in [2.45, 2.75) is 20.4 Å². The van der Waals surface area contributed by atoms with Crippen LogP contribution in [-0.4, -0.2) is 81.7 Å². The third-order valence-electron chi connectivity index (χ3n) is 6.25. The van der Waals surface area contributed by atoms with Crippen molar-refractivity contribution in [1.29, 1.82) is 0 Å². The monoisotopic (exact) mass is 547 g/mol. The van der Waals surface area contributed by atoms with Gasteiger partial charge < -0.3 is 24.8 Å². The molecule has 2 unspecified atom stereocenters. The van der Waals surface area contributed by atoms with E-state index in [1.165, 1.54) is 7.11 Å². The van der Waals surface area contributed by atoms with Gasteiger partial charge in [-0.15, -0.1) is 24.0 Å². The van der Waals surface area contributed by atoms with Crippen LogP contribution in [0.1, 0.15) is 19.4 Å². The first-order chi connectivity index (χ1) is 14.5. The molecule has 1 aromatic carbocycles. The van der Waals surface area contributed by atoms with Crippen molar-refractivity contribution >= 4 is 41.6 Å². The second-order valence-corrected chi connectivity index (χ2v) is 8.12. The van der Waals surface area contributed by atoms with Crippen LogP contribution in [0.5, 0.6) is 0 Å². The van der Waals surface area contributed by atoms with E-state index < -0.39 is 0 Å². The Labute approximate surface area is 202 Å². The number of halogens is 2. The van der Waals surface area contributed by atoms with E-state index in [2.05, 4.69) is 31.9 Å². The third-order valence-corrected chi connectivity index (χ3v) is 6.25. The van der Waals surface area contributed by atoms with Gasteiger partial charge in [-0.2, -0.15) is 0 Å². The van der Waals surface area contributed by atoms with Crippen molar-refractivity contribution in [3.05, 3.63) is 29.6 Å². The molecule has 0 bridgehead atoms. The summed E-state index contributed by atoms with van der Waals surface area (Å²) in [5.41, 5.74) is 1.54. The molecule has 7 nitrogen and oxygen atoms in total. The summed E-state index contributed by atoms with van der Waals surface area (Å²) in [6.45, 7) is 10.7. The van der Waals surface area contributed by atoms with E-state index >= 15 is 0 Å². The normalized spacial score (nSPS) is 22.3. The fraction of sp³-hybridized carbons (Fsp3) is 0.636. The molecule has 0 spiro atoms. The summed E-state index contributed by atoms with van der Waals surface area (Å²) >= 11 is 0. The highest BCUT2D eigenvalue weighted by molar-refractivity contribution is 14.0. The van der Waals surface area contributed by atoms with Crippen molar-refractivity contribution in [1.82, 2.24) is 15.1 Å². The van der Waals surface area contributed by atoms with Crippen LogP contribution in [0, 0.1) is 17.7 Å². The number of methoxy groups -OCH3 is 1. The minimum absolute atomic E-state index is 0. The number of rotatable bonds is 5. The molecule has 0 aromatic heterocycles. The molecule has 174 valence electrons. The first-order valence-electron chi connectivity index (χ1n) is 10.8. The molecule has 2 saturated heterocycles. The quantitative estimate of drug-likeness (QED) is 0.265. The van der Waals surface area contributed by atoms with Gasteiger partial charge in [-0.05, 0) is 30.2 Å².